The highest BCUT2D eigenvalue weighted by Crippen LogP contribution is 2.50. The van der Waals surface area contributed by atoms with Crippen molar-refractivity contribution in [3.63, 3.8) is 0 Å². The SMILES string of the molecule is COC(=O)C[C@H](c1ccc(C(=O)OC)cc1)c1c(O)c(C(C)=O)cc([C@@H]2OCc3cnc(C)c(O)c32)c1O. The van der Waals surface area contributed by atoms with Crippen molar-refractivity contribution in [3.8, 4) is 17.2 Å². The maximum Gasteiger partial charge on any atom is 0.337 e. The molecule has 4 rings (SSSR count). The lowest BCUT2D eigenvalue weighted by Crippen LogP contribution is -2.14. The van der Waals surface area contributed by atoms with Gasteiger partial charge in [0.25, 0.3) is 0 Å². The normalized spacial score (nSPS) is 15.0. The number of rotatable bonds is 7. The topological polar surface area (TPSA) is 152 Å². The number of aromatic hydroxyl groups is 3. The molecule has 0 saturated carbocycles. The Labute approximate surface area is 218 Å². The molecular weight excluding hydrogens is 494 g/mol. The van der Waals surface area contributed by atoms with Crippen molar-refractivity contribution in [2.75, 3.05) is 14.2 Å². The van der Waals surface area contributed by atoms with Crippen LogP contribution in [0.4, 0.5) is 0 Å². The minimum absolute atomic E-state index is 0.0914. The molecule has 1 aliphatic rings. The molecule has 3 N–H and O–H groups in total. The van der Waals surface area contributed by atoms with Crippen molar-refractivity contribution in [3.05, 3.63) is 81.2 Å². The molecule has 198 valence electrons. The molecule has 10 heteroatoms. The van der Waals surface area contributed by atoms with E-state index in [2.05, 4.69) is 4.98 Å². The van der Waals surface area contributed by atoms with Crippen molar-refractivity contribution in [1.82, 2.24) is 4.98 Å². The molecule has 2 aromatic carbocycles. The van der Waals surface area contributed by atoms with Crippen LogP contribution in [0.5, 0.6) is 17.2 Å². The number of aromatic nitrogens is 1. The number of pyridine rings is 1. The van der Waals surface area contributed by atoms with Crippen molar-refractivity contribution >= 4 is 17.7 Å². The Hall–Kier alpha value is -4.44. The molecule has 0 aliphatic carbocycles. The van der Waals surface area contributed by atoms with Gasteiger partial charge < -0.3 is 29.5 Å². The zero-order valence-electron chi connectivity index (χ0n) is 21.3. The molecule has 0 saturated heterocycles. The van der Waals surface area contributed by atoms with Crippen LogP contribution >= 0.6 is 0 Å². The number of ketones is 1. The van der Waals surface area contributed by atoms with Crippen LogP contribution in [0.25, 0.3) is 0 Å². The predicted molar refractivity (Wildman–Crippen MR) is 133 cm³/mol. The molecule has 0 bridgehead atoms. The number of nitrogens with zero attached hydrogens (tertiary/aromatic N) is 1. The summed E-state index contributed by atoms with van der Waals surface area (Å²) in [6, 6.07) is 7.40. The Bertz CT molecular complexity index is 1430. The monoisotopic (exact) mass is 521 g/mol. The maximum absolute atomic E-state index is 12.6. The standard InChI is InChI=1S/C28H27NO9/c1-13-24(32)22-17(11-29-13)12-38-27(22)20-9-18(14(2)30)25(33)23(26(20)34)19(10-21(31)36-3)15-5-7-16(8-6-15)28(35)37-4/h5-9,11,19,27,32-34H,10,12H2,1-4H3/t19-,27+/m1/s1. The van der Waals surface area contributed by atoms with Gasteiger partial charge in [-0.1, -0.05) is 12.1 Å². The van der Waals surface area contributed by atoms with Gasteiger partial charge in [0, 0.05) is 34.4 Å². The van der Waals surface area contributed by atoms with E-state index in [1.54, 1.807) is 25.3 Å². The average molecular weight is 522 g/mol. The molecule has 1 aliphatic heterocycles. The molecule has 3 aromatic rings. The van der Waals surface area contributed by atoms with Crippen LogP contribution in [0.15, 0.2) is 36.5 Å². The Morgan fingerprint density at radius 1 is 1.05 bits per heavy atom. The van der Waals surface area contributed by atoms with Gasteiger partial charge in [0.05, 0.1) is 44.1 Å². The van der Waals surface area contributed by atoms with Crippen LogP contribution in [0.2, 0.25) is 0 Å². The van der Waals surface area contributed by atoms with E-state index in [-0.39, 0.29) is 41.0 Å². The molecule has 0 unspecified atom stereocenters. The summed E-state index contributed by atoms with van der Waals surface area (Å²) >= 11 is 0. The van der Waals surface area contributed by atoms with Gasteiger partial charge in [-0.3, -0.25) is 14.6 Å². The lowest BCUT2D eigenvalue weighted by atomic mass is 9.82. The zero-order chi connectivity index (χ0) is 27.7. The van der Waals surface area contributed by atoms with E-state index in [4.69, 9.17) is 14.2 Å². The van der Waals surface area contributed by atoms with E-state index in [0.717, 1.165) is 0 Å². The molecule has 0 spiro atoms. The van der Waals surface area contributed by atoms with Gasteiger partial charge in [0.15, 0.2) is 5.78 Å². The van der Waals surface area contributed by atoms with Gasteiger partial charge in [-0.05, 0) is 37.6 Å². The number of ether oxygens (including phenoxy) is 3. The fraction of sp³-hybridized carbons (Fsp3) is 0.286. The third kappa shape index (κ3) is 4.66. The van der Waals surface area contributed by atoms with Crippen LogP contribution in [-0.4, -0.2) is 52.2 Å². The van der Waals surface area contributed by atoms with E-state index in [1.807, 2.05) is 0 Å². The number of phenolic OH excluding ortho intramolecular Hbond substituents is 2. The van der Waals surface area contributed by atoms with Gasteiger partial charge >= 0.3 is 11.9 Å². The van der Waals surface area contributed by atoms with Crippen LogP contribution in [0.3, 0.4) is 0 Å². The number of carbonyl (C=O) groups is 3. The highest BCUT2D eigenvalue weighted by molar-refractivity contribution is 5.98. The lowest BCUT2D eigenvalue weighted by molar-refractivity contribution is -0.140. The van der Waals surface area contributed by atoms with Crippen molar-refractivity contribution < 1.29 is 43.9 Å². The Morgan fingerprint density at radius 2 is 1.74 bits per heavy atom. The van der Waals surface area contributed by atoms with E-state index in [1.165, 1.54) is 39.3 Å². The Morgan fingerprint density at radius 3 is 2.34 bits per heavy atom. The summed E-state index contributed by atoms with van der Waals surface area (Å²) in [5.41, 5.74) is 2.02. The van der Waals surface area contributed by atoms with Gasteiger partial charge in [0.2, 0.25) is 0 Å². The molecule has 2 atom stereocenters. The summed E-state index contributed by atoms with van der Waals surface area (Å²) in [6.07, 6.45) is 0.300. The molecule has 0 amide bonds. The number of hydrogen-bond donors (Lipinski definition) is 3. The molecular formula is C28H27NO9. The summed E-state index contributed by atoms with van der Waals surface area (Å²) < 4.78 is 15.5. The quantitative estimate of drug-likeness (QED) is 0.309. The van der Waals surface area contributed by atoms with Crippen molar-refractivity contribution in [1.29, 1.82) is 0 Å². The first-order valence-corrected chi connectivity index (χ1v) is 11.7. The summed E-state index contributed by atoms with van der Waals surface area (Å²) in [5.74, 6) is -3.68. The number of fused-ring (bicyclic) bond motifs is 1. The van der Waals surface area contributed by atoms with Crippen LogP contribution in [0, 0.1) is 6.92 Å². The van der Waals surface area contributed by atoms with Crippen LogP contribution < -0.4 is 0 Å². The predicted octanol–water partition coefficient (Wildman–Crippen LogP) is 3.81. The van der Waals surface area contributed by atoms with Gasteiger partial charge in [0.1, 0.15) is 23.4 Å². The third-order valence-corrected chi connectivity index (χ3v) is 6.71. The summed E-state index contributed by atoms with van der Waals surface area (Å²) in [7, 11) is 2.46. The first kappa shape index (κ1) is 26.6. The summed E-state index contributed by atoms with van der Waals surface area (Å²) in [6.45, 7) is 2.99. The Balaban J connectivity index is 1.95. The minimum Gasteiger partial charge on any atom is -0.507 e. The highest BCUT2D eigenvalue weighted by Gasteiger charge is 2.36. The van der Waals surface area contributed by atoms with E-state index in [0.29, 0.717) is 22.4 Å². The molecule has 1 aromatic heterocycles. The van der Waals surface area contributed by atoms with Crippen LogP contribution in [-0.2, 0) is 25.6 Å². The number of esters is 2. The van der Waals surface area contributed by atoms with E-state index in [9.17, 15) is 29.7 Å². The first-order valence-electron chi connectivity index (χ1n) is 11.7. The maximum atomic E-state index is 12.6. The smallest absolute Gasteiger partial charge is 0.337 e. The van der Waals surface area contributed by atoms with Crippen molar-refractivity contribution in [2.45, 2.75) is 38.9 Å². The largest absolute Gasteiger partial charge is 0.507 e. The molecule has 10 nitrogen and oxygen atoms in total. The highest BCUT2D eigenvalue weighted by atomic mass is 16.5. The van der Waals surface area contributed by atoms with Gasteiger partial charge in [-0.25, -0.2) is 4.79 Å². The van der Waals surface area contributed by atoms with Crippen LogP contribution in [0.1, 0.15) is 79.6 Å². The second-order valence-corrected chi connectivity index (χ2v) is 8.95. The minimum atomic E-state index is -0.971. The molecule has 38 heavy (non-hydrogen) atoms. The van der Waals surface area contributed by atoms with E-state index >= 15 is 0 Å². The first-order chi connectivity index (χ1) is 18.1. The average Bonchev–Trinajstić information content (AvgIpc) is 3.34. The van der Waals surface area contributed by atoms with Crippen molar-refractivity contribution in [2.24, 2.45) is 0 Å². The fourth-order valence-electron chi connectivity index (χ4n) is 4.67. The molecule has 0 radical (unpaired) electrons. The summed E-state index contributed by atoms with van der Waals surface area (Å²) in [4.78, 5) is 41.0. The number of methoxy groups -OCH3 is 2. The van der Waals surface area contributed by atoms with E-state index < -0.39 is 41.2 Å². The number of phenols is 2. The lowest BCUT2D eigenvalue weighted by Gasteiger charge is -2.24. The molecule has 0 fully saturated rings. The van der Waals surface area contributed by atoms with Gasteiger partial charge in [-0.15, -0.1) is 0 Å². The number of benzene rings is 2. The third-order valence-electron chi connectivity index (χ3n) is 6.71. The summed E-state index contributed by atoms with van der Waals surface area (Å²) in [5, 5.41) is 33.5. The number of carbonyl (C=O) groups excluding carboxylic acids is 3. The fourth-order valence-corrected chi connectivity index (χ4v) is 4.67. The zero-order valence-corrected chi connectivity index (χ0v) is 21.3. The van der Waals surface area contributed by atoms with Gasteiger partial charge in [-0.2, -0.15) is 0 Å². The number of Topliss-reactive ketones (excluding diaryl/α,β-unsaturated/α-hetero) is 1. The number of hydrogen-bond acceptors (Lipinski definition) is 10. The second-order valence-electron chi connectivity index (χ2n) is 8.95. The molecule has 2 heterocycles. The second kappa shape index (κ2) is 10.5. The number of aryl methyl sites for hydroxylation is 1. The Kier molecular flexibility index (Phi) is 7.36.